The van der Waals surface area contributed by atoms with Crippen molar-refractivity contribution < 1.29 is 14.0 Å². The highest BCUT2D eigenvalue weighted by atomic mass is 16.3. The van der Waals surface area contributed by atoms with Crippen LogP contribution in [-0.2, 0) is 17.9 Å². The zero-order valence-corrected chi connectivity index (χ0v) is 14.1. The summed E-state index contributed by atoms with van der Waals surface area (Å²) in [4.78, 5) is 25.7. The van der Waals surface area contributed by atoms with Gasteiger partial charge < -0.3 is 15.5 Å². The van der Waals surface area contributed by atoms with E-state index < -0.39 is 5.91 Å². The molecule has 6 nitrogen and oxygen atoms in total. The van der Waals surface area contributed by atoms with Crippen LogP contribution in [0.2, 0.25) is 0 Å². The largest absolute Gasteiger partial charge is 0.467 e. The second-order valence-corrected chi connectivity index (χ2v) is 6.41. The third-order valence-electron chi connectivity index (χ3n) is 4.62. The van der Waals surface area contributed by atoms with E-state index >= 15 is 0 Å². The molecular formula is C19H23N3O3. The van der Waals surface area contributed by atoms with Crippen LogP contribution in [0.4, 0.5) is 0 Å². The Labute approximate surface area is 147 Å². The summed E-state index contributed by atoms with van der Waals surface area (Å²) in [5.74, 6) is 0.517. The number of rotatable bonds is 6. The Morgan fingerprint density at radius 3 is 2.48 bits per heavy atom. The van der Waals surface area contributed by atoms with Gasteiger partial charge in [-0.2, -0.15) is 0 Å². The van der Waals surface area contributed by atoms with Gasteiger partial charge in [-0.1, -0.05) is 12.1 Å². The van der Waals surface area contributed by atoms with Gasteiger partial charge in [0.05, 0.1) is 12.8 Å². The zero-order chi connectivity index (χ0) is 17.6. The number of benzene rings is 1. The maximum absolute atomic E-state index is 12.2. The highest BCUT2D eigenvalue weighted by molar-refractivity contribution is 5.92. The van der Waals surface area contributed by atoms with Crippen LogP contribution in [0.25, 0.3) is 0 Å². The lowest BCUT2D eigenvalue weighted by molar-refractivity contribution is -0.126. The van der Waals surface area contributed by atoms with Crippen molar-refractivity contribution in [2.24, 2.45) is 11.7 Å². The third kappa shape index (κ3) is 4.70. The minimum Gasteiger partial charge on any atom is -0.467 e. The molecule has 2 amide bonds. The number of likely N-dealkylation sites (tertiary alicyclic amines) is 1. The molecule has 0 radical (unpaired) electrons. The van der Waals surface area contributed by atoms with E-state index in [2.05, 4.69) is 10.2 Å². The molecule has 0 spiro atoms. The van der Waals surface area contributed by atoms with E-state index in [1.165, 1.54) is 0 Å². The number of nitrogens with zero attached hydrogens (tertiary/aromatic N) is 1. The van der Waals surface area contributed by atoms with Crippen molar-refractivity contribution in [2.45, 2.75) is 25.9 Å². The number of nitrogens with one attached hydrogen (secondary N) is 1. The van der Waals surface area contributed by atoms with Crippen LogP contribution in [-0.4, -0.2) is 29.8 Å². The van der Waals surface area contributed by atoms with Gasteiger partial charge in [0.2, 0.25) is 11.8 Å². The Morgan fingerprint density at radius 1 is 1.16 bits per heavy atom. The van der Waals surface area contributed by atoms with Crippen molar-refractivity contribution in [3.63, 3.8) is 0 Å². The molecule has 25 heavy (non-hydrogen) atoms. The molecular weight excluding hydrogens is 318 g/mol. The SMILES string of the molecule is NC(=O)c1ccc(CN2CCC(C(=O)NCc3ccco3)CC2)cc1. The number of nitrogens with two attached hydrogens (primary N) is 1. The van der Waals surface area contributed by atoms with Gasteiger partial charge in [-0.3, -0.25) is 14.5 Å². The second kappa shape index (κ2) is 7.98. The van der Waals surface area contributed by atoms with Crippen LogP contribution < -0.4 is 11.1 Å². The fourth-order valence-electron chi connectivity index (χ4n) is 3.12. The summed E-state index contributed by atoms with van der Waals surface area (Å²) >= 11 is 0. The second-order valence-electron chi connectivity index (χ2n) is 6.41. The van der Waals surface area contributed by atoms with E-state index in [0.29, 0.717) is 12.1 Å². The Hall–Kier alpha value is -2.60. The molecule has 0 bridgehead atoms. The van der Waals surface area contributed by atoms with Crippen molar-refractivity contribution in [2.75, 3.05) is 13.1 Å². The molecule has 0 atom stereocenters. The van der Waals surface area contributed by atoms with Gasteiger partial charge in [0.1, 0.15) is 5.76 Å². The van der Waals surface area contributed by atoms with Gasteiger partial charge in [-0.25, -0.2) is 0 Å². The lowest BCUT2D eigenvalue weighted by Crippen LogP contribution is -2.40. The van der Waals surface area contributed by atoms with Gasteiger partial charge in [0.15, 0.2) is 0 Å². The van der Waals surface area contributed by atoms with E-state index in [-0.39, 0.29) is 11.8 Å². The fraction of sp³-hybridized carbons (Fsp3) is 0.368. The van der Waals surface area contributed by atoms with Crippen molar-refractivity contribution >= 4 is 11.8 Å². The van der Waals surface area contributed by atoms with E-state index in [0.717, 1.165) is 43.8 Å². The highest BCUT2D eigenvalue weighted by Crippen LogP contribution is 2.19. The van der Waals surface area contributed by atoms with Crippen molar-refractivity contribution in [1.29, 1.82) is 0 Å². The highest BCUT2D eigenvalue weighted by Gasteiger charge is 2.24. The van der Waals surface area contributed by atoms with E-state index in [9.17, 15) is 9.59 Å². The van der Waals surface area contributed by atoms with Crippen LogP contribution in [0.5, 0.6) is 0 Å². The van der Waals surface area contributed by atoms with Crippen LogP contribution in [0.1, 0.15) is 34.5 Å². The van der Waals surface area contributed by atoms with E-state index in [1.807, 2.05) is 24.3 Å². The molecule has 0 saturated carbocycles. The molecule has 1 fully saturated rings. The van der Waals surface area contributed by atoms with E-state index in [4.69, 9.17) is 10.2 Å². The van der Waals surface area contributed by atoms with E-state index in [1.54, 1.807) is 18.4 Å². The lowest BCUT2D eigenvalue weighted by atomic mass is 9.95. The van der Waals surface area contributed by atoms with Crippen LogP contribution >= 0.6 is 0 Å². The van der Waals surface area contributed by atoms with Gasteiger partial charge in [-0.15, -0.1) is 0 Å². The molecule has 0 unspecified atom stereocenters. The zero-order valence-electron chi connectivity index (χ0n) is 14.1. The molecule has 6 heteroatoms. The summed E-state index contributed by atoms with van der Waals surface area (Å²) in [7, 11) is 0. The first-order valence-electron chi connectivity index (χ1n) is 8.53. The molecule has 1 aliphatic heterocycles. The Morgan fingerprint density at radius 2 is 1.88 bits per heavy atom. The normalized spacial score (nSPS) is 15.8. The third-order valence-corrected chi connectivity index (χ3v) is 4.62. The first kappa shape index (κ1) is 17.2. The maximum atomic E-state index is 12.2. The number of primary amides is 1. The van der Waals surface area contributed by atoms with Gasteiger partial charge in [0.25, 0.3) is 0 Å². The molecule has 1 aromatic heterocycles. The molecule has 2 aromatic rings. The molecule has 1 aromatic carbocycles. The Bertz CT molecular complexity index is 702. The molecule has 2 heterocycles. The summed E-state index contributed by atoms with van der Waals surface area (Å²) in [5.41, 5.74) is 6.92. The average Bonchev–Trinajstić information content (AvgIpc) is 3.14. The Balaban J connectivity index is 1.43. The van der Waals surface area contributed by atoms with Crippen molar-refractivity contribution in [3.05, 3.63) is 59.5 Å². The number of hydrogen-bond donors (Lipinski definition) is 2. The van der Waals surface area contributed by atoms with Gasteiger partial charge >= 0.3 is 0 Å². The number of amides is 2. The predicted molar refractivity (Wildman–Crippen MR) is 93.5 cm³/mol. The number of carbonyl (C=O) groups is 2. The first-order valence-corrected chi connectivity index (χ1v) is 8.53. The number of carbonyl (C=O) groups excluding carboxylic acids is 2. The van der Waals surface area contributed by atoms with Gasteiger partial charge in [-0.05, 0) is 55.8 Å². The standard InChI is InChI=1S/C19H23N3O3/c20-18(23)15-5-3-14(4-6-15)13-22-9-7-16(8-10-22)19(24)21-12-17-2-1-11-25-17/h1-6,11,16H,7-10,12-13H2,(H2,20,23)(H,21,24). The first-order chi connectivity index (χ1) is 12.1. The van der Waals surface area contributed by atoms with Crippen LogP contribution in [0, 0.1) is 5.92 Å². The molecule has 3 rings (SSSR count). The minimum atomic E-state index is -0.409. The van der Waals surface area contributed by atoms with Gasteiger partial charge in [0, 0.05) is 18.0 Å². The molecule has 132 valence electrons. The molecule has 0 aliphatic carbocycles. The molecule has 3 N–H and O–H groups in total. The topological polar surface area (TPSA) is 88.6 Å². The summed E-state index contributed by atoms with van der Waals surface area (Å²) < 4.78 is 5.23. The van der Waals surface area contributed by atoms with Crippen molar-refractivity contribution in [1.82, 2.24) is 10.2 Å². The monoisotopic (exact) mass is 341 g/mol. The summed E-state index contributed by atoms with van der Waals surface area (Å²) in [6.07, 6.45) is 3.31. The smallest absolute Gasteiger partial charge is 0.248 e. The molecule has 1 aliphatic rings. The van der Waals surface area contributed by atoms with Crippen LogP contribution in [0.3, 0.4) is 0 Å². The summed E-state index contributed by atoms with van der Waals surface area (Å²) in [6.45, 7) is 3.03. The number of furan rings is 1. The molecule has 1 saturated heterocycles. The summed E-state index contributed by atoms with van der Waals surface area (Å²) in [6, 6.07) is 11.0. The average molecular weight is 341 g/mol. The van der Waals surface area contributed by atoms with Crippen LogP contribution in [0.15, 0.2) is 47.1 Å². The lowest BCUT2D eigenvalue weighted by Gasteiger charge is -2.31. The maximum Gasteiger partial charge on any atom is 0.248 e. The quantitative estimate of drug-likeness (QED) is 0.840. The number of hydrogen-bond acceptors (Lipinski definition) is 4. The predicted octanol–water partition coefficient (Wildman–Crippen LogP) is 1.91. The Kier molecular flexibility index (Phi) is 5.50. The number of piperidine rings is 1. The fourth-order valence-corrected chi connectivity index (χ4v) is 3.12. The minimum absolute atomic E-state index is 0.0587. The van der Waals surface area contributed by atoms with Crippen molar-refractivity contribution in [3.8, 4) is 0 Å². The summed E-state index contributed by atoms with van der Waals surface area (Å²) in [5, 5.41) is 2.94.